The number of rotatable bonds is 9. The summed E-state index contributed by atoms with van der Waals surface area (Å²) >= 11 is 3.49. The highest BCUT2D eigenvalue weighted by Crippen LogP contribution is 2.26. The maximum absolute atomic E-state index is 5.71. The Hall–Kier alpha value is -3.51. The van der Waals surface area contributed by atoms with E-state index in [0.717, 1.165) is 57.7 Å². The van der Waals surface area contributed by atoms with Crippen molar-refractivity contribution in [3.63, 3.8) is 0 Å². The first kappa shape index (κ1) is 22.7. The van der Waals surface area contributed by atoms with Crippen LogP contribution in [0.3, 0.4) is 0 Å². The summed E-state index contributed by atoms with van der Waals surface area (Å²) in [5.74, 6) is 1.30. The monoisotopic (exact) mass is 500 g/mol. The minimum absolute atomic E-state index is 0.435. The molecule has 0 fully saturated rings. The Kier molecular flexibility index (Phi) is 7.82. The van der Waals surface area contributed by atoms with Crippen LogP contribution in [0, 0.1) is 0 Å². The lowest BCUT2D eigenvalue weighted by molar-refractivity contribution is 0.309. The summed E-state index contributed by atoms with van der Waals surface area (Å²) in [6.45, 7) is 2.89. The maximum Gasteiger partial charge on any atom is 0.244 e. The summed E-state index contributed by atoms with van der Waals surface area (Å²) in [6, 6.07) is 27.9. The van der Waals surface area contributed by atoms with Crippen LogP contribution in [0.15, 0.2) is 94.5 Å². The SMILES string of the molecule is CCCCOc1ccc(C=NNc2nc(-c3ccccc3)cc(-c3ccc(Br)cc3)n2)cc1. The molecule has 0 aliphatic carbocycles. The van der Waals surface area contributed by atoms with Crippen LogP contribution in [0.2, 0.25) is 0 Å². The fourth-order valence-electron chi connectivity index (χ4n) is 3.17. The van der Waals surface area contributed by atoms with Crippen LogP contribution in [-0.4, -0.2) is 22.8 Å². The molecule has 0 saturated carbocycles. The van der Waals surface area contributed by atoms with E-state index in [2.05, 4.69) is 43.3 Å². The second-order valence-electron chi connectivity index (χ2n) is 7.48. The highest BCUT2D eigenvalue weighted by Gasteiger charge is 2.08. The molecule has 6 heteroatoms. The van der Waals surface area contributed by atoms with E-state index in [-0.39, 0.29) is 0 Å². The molecule has 0 atom stereocenters. The van der Waals surface area contributed by atoms with Crippen LogP contribution in [0.25, 0.3) is 22.5 Å². The Morgan fingerprint density at radius 1 is 0.879 bits per heavy atom. The molecule has 33 heavy (non-hydrogen) atoms. The lowest BCUT2D eigenvalue weighted by atomic mass is 10.1. The van der Waals surface area contributed by atoms with Gasteiger partial charge in [-0.25, -0.2) is 15.4 Å². The van der Waals surface area contributed by atoms with Crippen molar-refractivity contribution in [2.75, 3.05) is 12.0 Å². The van der Waals surface area contributed by atoms with Crippen molar-refractivity contribution < 1.29 is 4.74 Å². The molecule has 0 bridgehead atoms. The van der Waals surface area contributed by atoms with Crippen LogP contribution >= 0.6 is 15.9 Å². The molecule has 5 nitrogen and oxygen atoms in total. The van der Waals surface area contributed by atoms with Crippen LogP contribution in [0.4, 0.5) is 5.95 Å². The highest BCUT2D eigenvalue weighted by molar-refractivity contribution is 9.10. The predicted octanol–water partition coefficient (Wildman–Crippen LogP) is 7.20. The summed E-state index contributed by atoms with van der Waals surface area (Å²) < 4.78 is 6.73. The third-order valence-electron chi connectivity index (χ3n) is 4.96. The second-order valence-corrected chi connectivity index (χ2v) is 8.39. The normalized spacial score (nSPS) is 11.0. The fraction of sp³-hybridized carbons (Fsp3) is 0.148. The van der Waals surface area contributed by atoms with Gasteiger partial charge in [0.2, 0.25) is 5.95 Å². The quantitative estimate of drug-likeness (QED) is 0.150. The molecule has 0 radical (unpaired) electrons. The van der Waals surface area contributed by atoms with Crippen molar-refractivity contribution in [2.24, 2.45) is 5.10 Å². The molecule has 1 aromatic heterocycles. The van der Waals surface area contributed by atoms with E-state index in [4.69, 9.17) is 4.74 Å². The molecule has 0 aliphatic rings. The van der Waals surface area contributed by atoms with Crippen LogP contribution in [0.5, 0.6) is 5.75 Å². The number of hydrogen-bond acceptors (Lipinski definition) is 5. The average Bonchev–Trinajstić information content (AvgIpc) is 2.86. The van der Waals surface area contributed by atoms with Crippen LogP contribution in [-0.2, 0) is 0 Å². The molecule has 1 N–H and O–H groups in total. The molecule has 0 amide bonds. The van der Waals surface area contributed by atoms with E-state index in [1.807, 2.05) is 84.9 Å². The van der Waals surface area contributed by atoms with Gasteiger partial charge in [0.15, 0.2) is 0 Å². The van der Waals surface area contributed by atoms with Crippen LogP contribution in [0.1, 0.15) is 25.3 Å². The van der Waals surface area contributed by atoms with Crippen molar-refractivity contribution in [1.82, 2.24) is 9.97 Å². The molecule has 166 valence electrons. The van der Waals surface area contributed by atoms with Gasteiger partial charge in [-0.1, -0.05) is 71.7 Å². The Morgan fingerprint density at radius 2 is 1.55 bits per heavy atom. The van der Waals surface area contributed by atoms with E-state index in [0.29, 0.717) is 5.95 Å². The zero-order valence-electron chi connectivity index (χ0n) is 18.4. The van der Waals surface area contributed by atoms with Gasteiger partial charge in [0, 0.05) is 15.6 Å². The number of aromatic nitrogens is 2. The molecule has 1 heterocycles. The van der Waals surface area contributed by atoms with Gasteiger partial charge in [0.1, 0.15) is 5.75 Å². The molecular weight excluding hydrogens is 476 g/mol. The van der Waals surface area contributed by atoms with E-state index >= 15 is 0 Å². The Morgan fingerprint density at radius 3 is 2.21 bits per heavy atom. The van der Waals surface area contributed by atoms with Gasteiger partial charge < -0.3 is 4.74 Å². The number of anilines is 1. The fourth-order valence-corrected chi connectivity index (χ4v) is 3.44. The maximum atomic E-state index is 5.71. The molecule has 0 unspecified atom stereocenters. The zero-order valence-corrected chi connectivity index (χ0v) is 20.0. The smallest absolute Gasteiger partial charge is 0.244 e. The summed E-state index contributed by atoms with van der Waals surface area (Å²) in [5.41, 5.74) is 7.62. The average molecular weight is 501 g/mol. The first-order valence-electron chi connectivity index (χ1n) is 10.9. The van der Waals surface area contributed by atoms with E-state index < -0.39 is 0 Å². The number of nitrogens with zero attached hydrogens (tertiary/aromatic N) is 3. The Labute approximate surface area is 202 Å². The summed E-state index contributed by atoms with van der Waals surface area (Å²) in [4.78, 5) is 9.34. The number of halogens is 1. The summed E-state index contributed by atoms with van der Waals surface area (Å²) in [6.07, 6.45) is 3.92. The van der Waals surface area contributed by atoms with Crippen molar-refractivity contribution in [3.05, 3.63) is 95.0 Å². The van der Waals surface area contributed by atoms with E-state index in [1.165, 1.54) is 0 Å². The van der Waals surface area contributed by atoms with Crippen molar-refractivity contribution >= 4 is 28.1 Å². The number of hydrazone groups is 1. The number of ether oxygens (including phenoxy) is 1. The second kappa shape index (κ2) is 11.4. The van der Waals surface area contributed by atoms with Gasteiger partial charge in [0.05, 0.1) is 24.2 Å². The van der Waals surface area contributed by atoms with Crippen molar-refractivity contribution in [1.29, 1.82) is 0 Å². The lowest BCUT2D eigenvalue weighted by Gasteiger charge is -2.08. The molecule has 0 aliphatic heterocycles. The molecule has 0 saturated heterocycles. The number of nitrogens with one attached hydrogen (secondary N) is 1. The van der Waals surface area contributed by atoms with E-state index in [9.17, 15) is 0 Å². The standard InChI is InChI=1S/C27H25BrN4O/c1-2-3-17-33-24-15-9-20(10-16-24)19-29-32-27-30-25(21-7-5-4-6-8-21)18-26(31-27)22-11-13-23(28)14-12-22/h4-16,18-19H,2-3,17H2,1H3,(H,30,31,32). The number of benzene rings is 3. The van der Waals surface area contributed by atoms with Crippen LogP contribution < -0.4 is 10.2 Å². The van der Waals surface area contributed by atoms with Gasteiger partial charge in [-0.3, -0.25) is 0 Å². The molecule has 3 aromatic carbocycles. The van der Waals surface area contributed by atoms with Gasteiger partial charge in [-0.2, -0.15) is 5.10 Å². The minimum atomic E-state index is 0.435. The Balaban J connectivity index is 1.54. The summed E-state index contributed by atoms with van der Waals surface area (Å²) in [7, 11) is 0. The van der Waals surface area contributed by atoms with Crippen molar-refractivity contribution in [3.8, 4) is 28.3 Å². The van der Waals surface area contributed by atoms with Gasteiger partial charge in [-0.15, -0.1) is 0 Å². The third kappa shape index (κ3) is 6.49. The minimum Gasteiger partial charge on any atom is -0.494 e. The van der Waals surface area contributed by atoms with Gasteiger partial charge >= 0.3 is 0 Å². The molecular formula is C27H25BrN4O. The predicted molar refractivity (Wildman–Crippen MR) is 139 cm³/mol. The molecule has 0 spiro atoms. The lowest BCUT2D eigenvalue weighted by Crippen LogP contribution is -2.00. The topological polar surface area (TPSA) is 59.4 Å². The zero-order chi connectivity index (χ0) is 22.9. The summed E-state index contributed by atoms with van der Waals surface area (Å²) in [5, 5.41) is 4.35. The third-order valence-corrected chi connectivity index (χ3v) is 5.49. The van der Waals surface area contributed by atoms with Gasteiger partial charge in [-0.05, 0) is 54.4 Å². The number of unbranched alkanes of at least 4 members (excludes halogenated alkanes) is 1. The molecule has 4 rings (SSSR count). The number of hydrogen-bond donors (Lipinski definition) is 1. The Bertz CT molecular complexity index is 1190. The first-order chi connectivity index (χ1) is 16.2. The highest BCUT2D eigenvalue weighted by atomic mass is 79.9. The largest absolute Gasteiger partial charge is 0.494 e. The van der Waals surface area contributed by atoms with Crippen molar-refractivity contribution in [2.45, 2.75) is 19.8 Å². The first-order valence-corrected chi connectivity index (χ1v) is 11.7. The van der Waals surface area contributed by atoms with E-state index in [1.54, 1.807) is 6.21 Å². The van der Waals surface area contributed by atoms with Gasteiger partial charge in [0.25, 0.3) is 0 Å². The molecule has 4 aromatic rings.